The first-order valence-electron chi connectivity index (χ1n) is 9.70. The number of hydrogen-bond acceptors (Lipinski definition) is 5. The topological polar surface area (TPSA) is 64.6 Å². The van der Waals surface area contributed by atoms with Gasteiger partial charge in [-0.3, -0.25) is 4.79 Å². The van der Waals surface area contributed by atoms with E-state index in [1.807, 2.05) is 0 Å². The van der Waals surface area contributed by atoms with Gasteiger partial charge in [-0.2, -0.15) is 0 Å². The molecule has 0 bridgehead atoms. The van der Waals surface area contributed by atoms with E-state index < -0.39 is 5.97 Å². The molecule has 30 heavy (non-hydrogen) atoms. The summed E-state index contributed by atoms with van der Waals surface area (Å²) in [6.07, 6.45) is 2.69. The Kier molecular flexibility index (Phi) is 7.00. The van der Waals surface area contributed by atoms with Crippen molar-refractivity contribution >= 4 is 51.4 Å². The lowest BCUT2D eigenvalue weighted by Gasteiger charge is -2.33. The van der Waals surface area contributed by atoms with Crippen molar-refractivity contribution in [2.45, 2.75) is 40.0 Å². The van der Waals surface area contributed by atoms with Crippen molar-refractivity contribution in [2.75, 3.05) is 19.0 Å². The molecule has 1 atom stereocenters. The van der Waals surface area contributed by atoms with Crippen LogP contribution in [0.15, 0.2) is 18.2 Å². The number of halogens is 2. The maximum Gasteiger partial charge on any atom is 0.341 e. The van der Waals surface area contributed by atoms with Gasteiger partial charge in [0.05, 0.1) is 17.7 Å². The Morgan fingerprint density at radius 1 is 1.27 bits per heavy atom. The largest absolute Gasteiger partial charge is 0.482 e. The minimum absolute atomic E-state index is 0.183. The highest BCUT2D eigenvalue weighted by molar-refractivity contribution is 7.17. The molecule has 1 N–H and O–H groups in total. The van der Waals surface area contributed by atoms with E-state index in [1.165, 1.54) is 18.4 Å². The standard InChI is InChI=1S/C22H25Cl2NO4S/c1-22(2,3)12-5-7-14-17(9-12)30-20(19(14)21(27)28-4)25-18(26)11-29-16-8-6-13(23)10-15(16)24/h6,8,10,12H,5,7,9,11H2,1-4H3,(H,25,26). The van der Waals surface area contributed by atoms with E-state index in [2.05, 4.69) is 26.1 Å². The summed E-state index contributed by atoms with van der Waals surface area (Å²) in [6.45, 7) is 6.47. The number of anilines is 1. The number of carbonyl (C=O) groups excluding carboxylic acids is 2. The molecule has 8 heteroatoms. The predicted octanol–water partition coefficient (Wildman–Crippen LogP) is 6.01. The van der Waals surface area contributed by atoms with Gasteiger partial charge in [-0.25, -0.2) is 4.79 Å². The maximum absolute atomic E-state index is 12.5. The van der Waals surface area contributed by atoms with Crippen LogP contribution >= 0.6 is 34.5 Å². The Morgan fingerprint density at radius 3 is 2.63 bits per heavy atom. The quantitative estimate of drug-likeness (QED) is 0.544. The third-order valence-electron chi connectivity index (χ3n) is 5.39. The Labute approximate surface area is 190 Å². The number of rotatable bonds is 5. The first-order valence-corrected chi connectivity index (χ1v) is 11.3. The van der Waals surface area contributed by atoms with Crippen molar-refractivity contribution < 1.29 is 19.1 Å². The number of amides is 1. The lowest BCUT2D eigenvalue weighted by Crippen LogP contribution is -2.26. The molecule has 162 valence electrons. The fourth-order valence-electron chi connectivity index (χ4n) is 3.63. The molecule has 1 heterocycles. The molecular weight excluding hydrogens is 445 g/mol. The summed E-state index contributed by atoms with van der Waals surface area (Å²) in [5.41, 5.74) is 1.63. The summed E-state index contributed by atoms with van der Waals surface area (Å²) < 4.78 is 10.5. The van der Waals surface area contributed by atoms with Crippen LogP contribution in [0.3, 0.4) is 0 Å². The van der Waals surface area contributed by atoms with Crippen LogP contribution in [0.25, 0.3) is 0 Å². The highest BCUT2D eigenvalue weighted by atomic mass is 35.5. The number of carbonyl (C=O) groups is 2. The molecule has 1 aliphatic rings. The molecule has 1 aromatic carbocycles. The second-order valence-corrected chi connectivity index (χ2v) is 10.4. The summed E-state index contributed by atoms with van der Waals surface area (Å²) in [7, 11) is 1.35. The average molecular weight is 470 g/mol. The Balaban J connectivity index is 1.77. The molecule has 0 saturated heterocycles. The van der Waals surface area contributed by atoms with Crippen molar-refractivity contribution in [3.05, 3.63) is 44.2 Å². The van der Waals surface area contributed by atoms with Gasteiger partial charge in [0.1, 0.15) is 10.8 Å². The fraction of sp³-hybridized carbons (Fsp3) is 0.455. The van der Waals surface area contributed by atoms with Crippen LogP contribution in [-0.4, -0.2) is 25.6 Å². The van der Waals surface area contributed by atoms with E-state index in [0.717, 1.165) is 29.7 Å². The molecule has 1 aromatic heterocycles. The molecule has 1 aliphatic carbocycles. The second kappa shape index (κ2) is 9.16. The lowest BCUT2D eigenvalue weighted by atomic mass is 9.72. The molecule has 0 fully saturated rings. The maximum atomic E-state index is 12.5. The third-order valence-corrected chi connectivity index (χ3v) is 7.09. The zero-order valence-electron chi connectivity index (χ0n) is 17.4. The van der Waals surface area contributed by atoms with Crippen molar-refractivity contribution in [3.8, 4) is 5.75 Å². The molecule has 0 radical (unpaired) electrons. The highest BCUT2D eigenvalue weighted by Gasteiger charge is 2.34. The van der Waals surface area contributed by atoms with Gasteiger partial charge in [0.25, 0.3) is 5.91 Å². The number of hydrogen-bond donors (Lipinski definition) is 1. The second-order valence-electron chi connectivity index (χ2n) is 8.42. The molecule has 1 amide bonds. The lowest BCUT2D eigenvalue weighted by molar-refractivity contribution is -0.118. The van der Waals surface area contributed by atoms with Gasteiger partial charge < -0.3 is 14.8 Å². The van der Waals surface area contributed by atoms with Crippen molar-refractivity contribution in [1.82, 2.24) is 0 Å². The average Bonchev–Trinajstić information content (AvgIpc) is 3.02. The zero-order chi connectivity index (χ0) is 22.1. The van der Waals surface area contributed by atoms with E-state index in [9.17, 15) is 9.59 Å². The summed E-state index contributed by atoms with van der Waals surface area (Å²) in [6, 6.07) is 4.79. The monoisotopic (exact) mass is 469 g/mol. The van der Waals surface area contributed by atoms with Crippen LogP contribution in [0.2, 0.25) is 10.0 Å². The van der Waals surface area contributed by atoms with E-state index in [-0.39, 0.29) is 17.9 Å². The molecular formula is C22H25Cl2NO4S. The van der Waals surface area contributed by atoms with E-state index in [0.29, 0.717) is 32.3 Å². The van der Waals surface area contributed by atoms with Crippen LogP contribution < -0.4 is 10.1 Å². The van der Waals surface area contributed by atoms with E-state index in [1.54, 1.807) is 18.2 Å². The Hall–Kier alpha value is -1.76. The summed E-state index contributed by atoms with van der Waals surface area (Å²) in [4.78, 5) is 26.1. The molecule has 1 unspecified atom stereocenters. The molecule has 2 aromatic rings. The van der Waals surface area contributed by atoms with Gasteiger partial charge in [0.15, 0.2) is 6.61 Å². The molecule has 0 aliphatic heterocycles. The van der Waals surface area contributed by atoms with Crippen LogP contribution in [0.4, 0.5) is 5.00 Å². The number of nitrogens with one attached hydrogen (secondary N) is 1. The van der Waals surface area contributed by atoms with Crippen LogP contribution in [-0.2, 0) is 22.4 Å². The number of esters is 1. The third kappa shape index (κ3) is 5.10. The fourth-order valence-corrected chi connectivity index (χ4v) is 5.42. The Bertz CT molecular complexity index is 965. The van der Waals surface area contributed by atoms with Gasteiger partial charge >= 0.3 is 5.97 Å². The van der Waals surface area contributed by atoms with E-state index in [4.69, 9.17) is 32.7 Å². The Morgan fingerprint density at radius 2 is 2.00 bits per heavy atom. The summed E-state index contributed by atoms with van der Waals surface area (Å²) in [5.74, 6) is 0.0757. The zero-order valence-corrected chi connectivity index (χ0v) is 19.8. The van der Waals surface area contributed by atoms with Crippen molar-refractivity contribution in [1.29, 1.82) is 0 Å². The molecule has 0 spiro atoms. The summed E-state index contributed by atoms with van der Waals surface area (Å²) >= 11 is 13.4. The van der Waals surface area contributed by atoms with Crippen molar-refractivity contribution in [2.24, 2.45) is 11.3 Å². The molecule has 0 saturated carbocycles. The molecule has 5 nitrogen and oxygen atoms in total. The molecule has 3 rings (SSSR count). The SMILES string of the molecule is COC(=O)c1c(NC(=O)COc2ccc(Cl)cc2Cl)sc2c1CCC(C(C)(C)C)C2. The smallest absolute Gasteiger partial charge is 0.341 e. The van der Waals surface area contributed by atoms with Gasteiger partial charge in [0.2, 0.25) is 0 Å². The first-order chi connectivity index (χ1) is 14.1. The minimum atomic E-state index is -0.432. The number of thiophene rings is 1. The van der Waals surface area contributed by atoms with Gasteiger partial charge in [0, 0.05) is 9.90 Å². The number of ether oxygens (including phenoxy) is 2. The van der Waals surface area contributed by atoms with Crippen molar-refractivity contribution in [3.63, 3.8) is 0 Å². The number of fused-ring (bicyclic) bond motifs is 1. The predicted molar refractivity (Wildman–Crippen MR) is 121 cm³/mol. The normalized spacial score (nSPS) is 16.0. The number of benzene rings is 1. The van der Waals surface area contributed by atoms with Gasteiger partial charge in [-0.15, -0.1) is 11.3 Å². The van der Waals surface area contributed by atoms with Crippen LogP contribution in [0.1, 0.15) is 48.0 Å². The van der Waals surface area contributed by atoms with E-state index >= 15 is 0 Å². The van der Waals surface area contributed by atoms with Crippen LogP contribution in [0, 0.1) is 11.3 Å². The number of methoxy groups -OCH3 is 1. The minimum Gasteiger partial charge on any atom is -0.482 e. The van der Waals surface area contributed by atoms with Crippen LogP contribution in [0.5, 0.6) is 5.75 Å². The summed E-state index contributed by atoms with van der Waals surface area (Å²) in [5, 5.41) is 4.14. The first kappa shape index (κ1) is 22.9. The highest BCUT2D eigenvalue weighted by Crippen LogP contribution is 2.44. The van der Waals surface area contributed by atoms with Gasteiger partial charge in [-0.1, -0.05) is 44.0 Å². The van der Waals surface area contributed by atoms with Gasteiger partial charge in [-0.05, 0) is 54.4 Å².